The molecule has 0 aliphatic heterocycles. The van der Waals surface area contributed by atoms with Crippen LogP contribution in [0.2, 0.25) is 0 Å². The van der Waals surface area contributed by atoms with Gasteiger partial charge in [0.1, 0.15) is 5.82 Å². The molecule has 5 nitrogen and oxygen atoms in total. The number of hydrogen-bond donors (Lipinski definition) is 2. The Morgan fingerprint density at radius 1 is 1.12 bits per heavy atom. The number of hydrogen-bond acceptors (Lipinski definition) is 3. The number of non-ortho nitro benzene ring substituents is 1. The Kier molecular flexibility index (Phi) is 4.98. The lowest BCUT2D eigenvalue weighted by Gasteiger charge is -2.15. The lowest BCUT2D eigenvalue weighted by atomic mass is 10.1. The zero-order chi connectivity index (χ0) is 17.9. The summed E-state index contributed by atoms with van der Waals surface area (Å²) >= 11 is 4.88. The van der Waals surface area contributed by atoms with Crippen molar-refractivity contribution in [3.05, 3.63) is 64.0 Å². The maximum Gasteiger partial charge on any atom is 0.418 e. The zero-order valence-electron chi connectivity index (χ0n) is 11.7. The minimum Gasteiger partial charge on any atom is -0.332 e. The quantitative estimate of drug-likeness (QED) is 0.364. The summed E-state index contributed by atoms with van der Waals surface area (Å²) in [5, 5.41) is 15.2. The van der Waals surface area contributed by atoms with Crippen molar-refractivity contribution in [3.63, 3.8) is 0 Å². The van der Waals surface area contributed by atoms with E-state index in [-0.39, 0.29) is 10.8 Å². The minimum absolute atomic E-state index is 0.222. The van der Waals surface area contributed by atoms with Crippen LogP contribution in [0.3, 0.4) is 0 Å². The molecule has 0 heterocycles. The van der Waals surface area contributed by atoms with Crippen molar-refractivity contribution in [2.24, 2.45) is 0 Å². The number of thiocarbonyl (C=S) groups is 1. The highest BCUT2D eigenvalue weighted by molar-refractivity contribution is 7.80. The van der Waals surface area contributed by atoms with E-state index in [1.807, 2.05) is 0 Å². The Morgan fingerprint density at radius 2 is 1.83 bits per heavy atom. The van der Waals surface area contributed by atoms with E-state index in [1.165, 1.54) is 18.2 Å². The fraction of sp³-hybridized carbons (Fsp3) is 0.0714. The van der Waals surface area contributed by atoms with Gasteiger partial charge in [0, 0.05) is 17.8 Å². The molecule has 24 heavy (non-hydrogen) atoms. The number of benzene rings is 2. The summed E-state index contributed by atoms with van der Waals surface area (Å²) in [6.07, 6.45) is -4.82. The number of nitrogens with zero attached hydrogens (tertiary/aromatic N) is 1. The van der Waals surface area contributed by atoms with Crippen LogP contribution in [0.25, 0.3) is 0 Å². The normalized spacial score (nSPS) is 11.0. The number of anilines is 2. The van der Waals surface area contributed by atoms with Gasteiger partial charge < -0.3 is 10.6 Å². The highest BCUT2D eigenvalue weighted by atomic mass is 32.1. The first kappa shape index (κ1) is 17.6. The molecule has 0 saturated carbocycles. The van der Waals surface area contributed by atoms with E-state index in [4.69, 9.17) is 12.2 Å². The number of alkyl halides is 3. The fourth-order valence-corrected chi connectivity index (χ4v) is 2.07. The largest absolute Gasteiger partial charge is 0.418 e. The standard InChI is InChI=1S/C14H9F4N3O2S/c15-8-2-1-3-9(6-8)19-13(24)20-12-5-4-10(21(22)23)7-11(12)14(16,17)18/h1-7H,(H2,19,20,24). The van der Waals surface area contributed by atoms with Gasteiger partial charge in [0.2, 0.25) is 0 Å². The summed E-state index contributed by atoms with van der Waals surface area (Å²) in [5.41, 5.74) is -2.15. The summed E-state index contributed by atoms with van der Waals surface area (Å²) in [4.78, 5) is 9.70. The third-order valence-electron chi connectivity index (χ3n) is 2.85. The first-order chi connectivity index (χ1) is 11.2. The number of rotatable bonds is 3. The fourth-order valence-electron chi connectivity index (χ4n) is 1.84. The van der Waals surface area contributed by atoms with E-state index >= 15 is 0 Å². The van der Waals surface area contributed by atoms with Crippen LogP contribution in [0.4, 0.5) is 34.6 Å². The molecule has 0 aliphatic rings. The molecule has 0 spiro atoms. The van der Waals surface area contributed by atoms with Crippen molar-refractivity contribution in [1.82, 2.24) is 0 Å². The topological polar surface area (TPSA) is 67.2 Å². The summed E-state index contributed by atoms with van der Waals surface area (Å²) in [6, 6.07) is 7.40. The van der Waals surface area contributed by atoms with Crippen LogP contribution >= 0.6 is 12.2 Å². The maximum atomic E-state index is 13.1. The van der Waals surface area contributed by atoms with Gasteiger partial charge >= 0.3 is 6.18 Å². The van der Waals surface area contributed by atoms with Crippen molar-refractivity contribution < 1.29 is 22.5 Å². The van der Waals surface area contributed by atoms with E-state index in [0.29, 0.717) is 6.07 Å². The molecular formula is C14H9F4N3O2S. The number of nitrogens with one attached hydrogen (secondary N) is 2. The summed E-state index contributed by atoms with van der Waals surface area (Å²) in [7, 11) is 0. The summed E-state index contributed by atoms with van der Waals surface area (Å²) < 4.78 is 52.2. The molecule has 2 aromatic carbocycles. The molecule has 2 aromatic rings. The van der Waals surface area contributed by atoms with Gasteiger partial charge in [-0.2, -0.15) is 13.2 Å². The lowest BCUT2D eigenvalue weighted by Crippen LogP contribution is -2.21. The molecule has 0 aliphatic carbocycles. The maximum absolute atomic E-state index is 13.1. The van der Waals surface area contributed by atoms with Gasteiger partial charge in [0.25, 0.3) is 5.69 Å². The molecule has 2 rings (SSSR count). The Bertz CT molecular complexity index is 796. The average molecular weight is 359 g/mol. The second-order valence-electron chi connectivity index (χ2n) is 4.57. The molecule has 0 radical (unpaired) electrons. The third-order valence-corrected chi connectivity index (χ3v) is 3.05. The van der Waals surface area contributed by atoms with Crippen molar-refractivity contribution >= 4 is 34.4 Å². The van der Waals surface area contributed by atoms with Crippen LogP contribution in [0.1, 0.15) is 5.56 Å². The Morgan fingerprint density at radius 3 is 2.42 bits per heavy atom. The molecule has 2 N–H and O–H groups in total. The van der Waals surface area contributed by atoms with Gasteiger partial charge in [-0.1, -0.05) is 6.07 Å². The van der Waals surface area contributed by atoms with Crippen molar-refractivity contribution in [2.45, 2.75) is 6.18 Å². The number of halogens is 4. The van der Waals surface area contributed by atoms with E-state index in [2.05, 4.69) is 10.6 Å². The summed E-state index contributed by atoms with van der Waals surface area (Å²) in [5.74, 6) is -0.547. The van der Waals surface area contributed by atoms with Gasteiger partial charge in [0.15, 0.2) is 5.11 Å². The zero-order valence-corrected chi connectivity index (χ0v) is 12.5. The van der Waals surface area contributed by atoms with Crippen LogP contribution in [-0.4, -0.2) is 10.0 Å². The highest BCUT2D eigenvalue weighted by Gasteiger charge is 2.35. The van der Waals surface area contributed by atoms with Gasteiger partial charge in [-0.3, -0.25) is 10.1 Å². The van der Waals surface area contributed by atoms with Crippen molar-refractivity contribution in [2.75, 3.05) is 10.6 Å². The minimum atomic E-state index is -4.82. The van der Waals surface area contributed by atoms with Crippen LogP contribution in [-0.2, 0) is 6.18 Å². The lowest BCUT2D eigenvalue weighted by molar-refractivity contribution is -0.385. The molecule has 0 amide bonds. The number of nitro benzene ring substituents is 1. The Labute approximate surface area is 138 Å². The molecule has 0 aromatic heterocycles. The van der Waals surface area contributed by atoms with Crippen LogP contribution < -0.4 is 10.6 Å². The van der Waals surface area contributed by atoms with Crippen LogP contribution in [0.5, 0.6) is 0 Å². The molecule has 0 atom stereocenters. The predicted molar refractivity (Wildman–Crippen MR) is 84.3 cm³/mol. The summed E-state index contributed by atoms with van der Waals surface area (Å²) in [6.45, 7) is 0. The molecule has 0 bridgehead atoms. The van der Waals surface area contributed by atoms with Crippen molar-refractivity contribution in [3.8, 4) is 0 Å². The predicted octanol–water partition coefficient (Wildman–Crippen LogP) is 4.56. The van der Waals surface area contributed by atoms with Gasteiger partial charge in [-0.15, -0.1) is 0 Å². The average Bonchev–Trinajstić information content (AvgIpc) is 2.46. The van der Waals surface area contributed by atoms with E-state index in [9.17, 15) is 27.7 Å². The van der Waals surface area contributed by atoms with Gasteiger partial charge in [0.05, 0.1) is 16.2 Å². The van der Waals surface area contributed by atoms with E-state index in [0.717, 1.165) is 18.2 Å². The smallest absolute Gasteiger partial charge is 0.332 e. The molecule has 0 fully saturated rings. The van der Waals surface area contributed by atoms with Crippen LogP contribution in [0.15, 0.2) is 42.5 Å². The van der Waals surface area contributed by atoms with Gasteiger partial charge in [-0.05, 0) is 36.5 Å². The first-order valence-electron chi connectivity index (χ1n) is 6.36. The molecule has 0 unspecified atom stereocenters. The monoisotopic (exact) mass is 359 g/mol. The van der Waals surface area contributed by atoms with Crippen molar-refractivity contribution in [1.29, 1.82) is 0 Å². The second-order valence-corrected chi connectivity index (χ2v) is 4.98. The molecule has 0 saturated heterocycles. The highest BCUT2D eigenvalue weighted by Crippen LogP contribution is 2.37. The van der Waals surface area contributed by atoms with Gasteiger partial charge in [-0.25, -0.2) is 4.39 Å². The van der Waals surface area contributed by atoms with E-state index in [1.54, 1.807) is 0 Å². The van der Waals surface area contributed by atoms with E-state index < -0.39 is 33.9 Å². The van der Waals surface area contributed by atoms with Crippen LogP contribution in [0, 0.1) is 15.9 Å². The Balaban J connectivity index is 2.25. The molecule has 126 valence electrons. The number of nitro groups is 1. The second kappa shape index (κ2) is 6.79. The Hall–Kier alpha value is -2.75. The molecule has 10 heteroatoms. The first-order valence-corrected chi connectivity index (χ1v) is 6.77. The third kappa shape index (κ3) is 4.38. The molecular weight excluding hydrogens is 350 g/mol. The SMILES string of the molecule is O=[N+]([O-])c1ccc(NC(=S)Nc2cccc(F)c2)c(C(F)(F)F)c1.